The molecule has 4 rings (SSSR count). The van der Waals surface area contributed by atoms with Gasteiger partial charge in [-0.2, -0.15) is 0 Å². The molecule has 1 heterocycles. The normalized spacial score (nSPS) is 22.2. The smallest absolute Gasteiger partial charge is 0.0689 e. The standard InChI is InChI=1S/C29H34N2/c1-23(2)27-18-19-31(22-26-16-10-5-11-17-26)28(20-24-12-6-3-7-13-24)29(27)30-21-25-14-8-4-9-15-25/h3-17,21,23,27-29H,18-20,22H2,1-2H3/t27-,28-,29+/m0/s1. The summed E-state index contributed by atoms with van der Waals surface area (Å²) in [6, 6.07) is 33.0. The molecular weight excluding hydrogens is 376 g/mol. The largest absolute Gasteiger partial charge is 0.294 e. The molecule has 3 aromatic rings. The van der Waals surface area contributed by atoms with E-state index in [1.54, 1.807) is 0 Å². The highest BCUT2D eigenvalue weighted by Crippen LogP contribution is 2.34. The zero-order chi connectivity index (χ0) is 21.5. The van der Waals surface area contributed by atoms with Crippen LogP contribution in [0.15, 0.2) is 96.0 Å². The molecule has 1 aliphatic rings. The molecule has 3 aromatic carbocycles. The van der Waals surface area contributed by atoms with Gasteiger partial charge in [-0.1, -0.05) is 105 Å². The molecule has 31 heavy (non-hydrogen) atoms. The monoisotopic (exact) mass is 410 g/mol. The topological polar surface area (TPSA) is 15.6 Å². The maximum atomic E-state index is 5.26. The van der Waals surface area contributed by atoms with E-state index >= 15 is 0 Å². The third-order valence-corrected chi connectivity index (χ3v) is 6.62. The molecule has 0 aliphatic carbocycles. The summed E-state index contributed by atoms with van der Waals surface area (Å²) in [5.41, 5.74) is 3.97. The van der Waals surface area contributed by atoms with Crippen LogP contribution in [-0.4, -0.2) is 29.7 Å². The molecule has 0 radical (unpaired) electrons. The van der Waals surface area contributed by atoms with Crippen LogP contribution >= 0.6 is 0 Å². The Morgan fingerprint density at radius 3 is 2.03 bits per heavy atom. The van der Waals surface area contributed by atoms with Crippen molar-refractivity contribution < 1.29 is 0 Å². The predicted octanol–water partition coefficient (Wildman–Crippen LogP) is 6.26. The molecule has 0 unspecified atom stereocenters. The van der Waals surface area contributed by atoms with Gasteiger partial charge in [-0.3, -0.25) is 9.89 Å². The Balaban J connectivity index is 1.66. The summed E-state index contributed by atoms with van der Waals surface area (Å²) in [4.78, 5) is 7.93. The first kappa shape index (κ1) is 21.5. The molecule has 0 aromatic heterocycles. The van der Waals surface area contributed by atoms with Crippen molar-refractivity contribution in [3.8, 4) is 0 Å². The number of hydrogen-bond acceptors (Lipinski definition) is 2. The fourth-order valence-electron chi connectivity index (χ4n) is 4.92. The van der Waals surface area contributed by atoms with Crippen LogP contribution in [-0.2, 0) is 13.0 Å². The highest BCUT2D eigenvalue weighted by atomic mass is 15.2. The maximum absolute atomic E-state index is 5.26. The third-order valence-electron chi connectivity index (χ3n) is 6.62. The highest BCUT2D eigenvalue weighted by molar-refractivity contribution is 5.79. The van der Waals surface area contributed by atoms with Crippen molar-refractivity contribution in [3.63, 3.8) is 0 Å². The fourth-order valence-corrected chi connectivity index (χ4v) is 4.92. The lowest BCUT2D eigenvalue weighted by Crippen LogP contribution is -2.53. The number of aliphatic imine (C=N–C) groups is 1. The molecular formula is C29H34N2. The molecule has 1 fully saturated rings. The van der Waals surface area contributed by atoms with Crippen LogP contribution in [0.1, 0.15) is 37.0 Å². The van der Waals surface area contributed by atoms with Crippen molar-refractivity contribution in [1.82, 2.24) is 4.90 Å². The maximum Gasteiger partial charge on any atom is 0.0689 e. The van der Waals surface area contributed by atoms with Crippen molar-refractivity contribution in [3.05, 3.63) is 108 Å². The summed E-state index contributed by atoms with van der Waals surface area (Å²) in [7, 11) is 0. The Bertz CT molecular complexity index is 934. The Morgan fingerprint density at radius 2 is 1.42 bits per heavy atom. The Labute approximate surface area is 187 Å². The Morgan fingerprint density at radius 1 is 0.839 bits per heavy atom. The van der Waals surface area contributed by atoms with Crippen LogP contribution in [0, 0.1) is 11.8 Å². The van der Waals surface area contributed by atoms with Crippen molar-refractivity contribution in [1.29, 1.82) is 0 Å². The quantitative estimate of drug-likeness (QED) is 0.420. The molecule has 0 saturated carbocycles. The zero-order valence-electron chi connectivity index (χ0n) is 18.8. The van der Waals surface area contributed by atoms with E-state index in [1.807, 2.05) is 0 Å². The number of rotatable bonds is 7. The van der Waals surface area contributed by atoms with Gasteiger partial charge in [0.05, 0.1) is 6.04 Å². The average molecular weight is 411 g/mol. The molecule has 0 bridgehead atoms. The second kappa shape index (κ2) is 10.5. The van der Waals surface area contributed by atoms with E-state index in [0.717, 1.165) is 19.5 Å². The van der Waals surface area contributed by atoms with Crippen LogP contribution in [0.2, 0.25) is 0 Å². The summed E-state index contributed by atoms with van der Waals surface area (Å²) in [5.74, 6) is 1.22. The molecule has 0 amide bonds. The second-order valence-electron chi connectivity index (χ2n) is 9.09. The van der Waals surface area contributed by atoms with Crippen LogP contribution in [0.3, 0.4) is 0 Å². The van der Waals surface area contributed by atoms with Gasteiger partial charge in [0.25, 0.3) is 0 Å². The van der Waals surface area contributed by atoms with Crippen LogP contribution in [0.5, 0.6) is 0 Å². The van der Waals surface area contributed by atoms with E-state index < -0.39 is 0 Å². The van der Waals surface area contributed by atoms with Gasteiger partial charge >= 0.3 is 0 Å². The van der Waals surface area contributed by atoms with Gasteiger partial charge in [-0.25, -0.2) is 0 Å². The molecule has 2 heteroatoms. The number of piperidine rings is 1. The molecule has 1 saturated heterocycles. The fraction of sp³-hybridized carbons (Fsp3) is 0.345. The highest BCUT2D eigenvalue weighted by Gasteiger charge is 2.38. The minimum absolute atomic E-state index is 0.290. The van der Waals surface area contributed by atoms with Gasteiger partial charge in [-0.15, -0.1) is 0 Å². The van der Waals surface area contributed by atoms with E-state index in [4.69, 9.17) is 4.99 Å². The van der Waals surface area contributed by atoms with E-state index in [-0.39, 0.29) is 6.04 Å². The van der Waals surface area contributed by atoms with Crippen molar-refractivity contribution in [2.45, 2.75) is 45.3 Å². The minimum atomic E-state index is 0.290. The lowest BCUT2D eigenvalue weighted by atomic mass is 9.77. The molecule has 2 nitrogen and oxygen atoms in total. The van der Waals surface area contributed by atoms with Crippen molar-refractivity contribution in [2.75, 3.05) is 6.54 Å². The zero-order valence-corrected chi connectivity index (χ0v) is 18.8. The van der Waals surface area contributed by atoms with Gasteiger partial charge in [-0.05, 0) is 47.9 Å². The summed E-state index contributed by atoms with van der Waals surface area (Å²) >= 11 is 0. The predicted molar refractivity (Wildman–Crippen MR) is 132 cm³/mol. The first-order valence-electron chi connectivity index (χ1n) is 11.6. The minimum Gasteiger partial charge on any atom is -0.294 e. The third kappa shape index (κ3) is 5.71. The molecule has 1 aliphatic heterocycles. The molecule has 3 atom stereocenters. The van der Waals surface area contributed by atoms with Gasteiger partial charge in [0.15, 0.2) is 0 Å². The summed E-state index contributed by atoms with van der Waals surface area (Å²) < 4.78 is 0. The lowest BCUT2D eigenvalue weighted by molar-refractivity contribution is 0.0647. The number of likely N-dealkylation sites (tertiary alicyclic amines) is 1. The second-order valence-corrected chi connectivity index (χ2v) is 9.09. The number of hydrogen-bond donors (Lipinski definition) is 0. The van der Waals surface area contributed by atoms with Crippen LogP contribution in [0.25, 0.3) is 0 Å². The first-order valence-corrected chi connectivity index (χ1v) is 11.6. The van der Waals surface area contributed by atoms with E-state index in [2.05, 4.69) is 116 Å². The average Bonchev–Trinajstić information content (AvgIpc) is 2.81. The van der Waals surface area contributed by atoms with Gasteiger partial charge in [0.1, 0.15) is 0 Å². The van der Waals surface area contributed by atoms with Gasteiger partial charge in [0.2, 0.25) is 0 Å². The summed E-state index contributed by atoms with van der Waals surface area (Å²) in [6.07, 6.45) is 4.34. The van der Waals surface area contributed by atoms with Gasteiger partial charge in [0, 0.05) is 18.8 Å². The summed E-state index contributed by atoms with van der Waals surface area (Å²) in [5, 5.41) is 0. The van der Waals surface area contributed by atoms with E-state index in [9.17, 15) is 0 Å². The number of benzene rings is 3. The van der Waals surface area contributed by atoms with Gasteiger partial charge < -0.3 is 0 Å². The van der Waals surface area contributed by atoms with Crippen molar-refractivity contribution in [2.24, 2.45) is 16.8 Å². The molecule has 0 spiro atoms. The first-order chi connectivity index (χ1) is 15.2. The lowest BCUT2D eigenvalue weighted by Gasteiger charge is -2.45. The van der Waals surface area contributed by atoms with Crippen LogP contribution in [0.4, 0.5) is 0 Å². The number of nitrogens with zero attached hydrogens (tertiary/aromatic N) is 2. The Kier molecular flexibility index (Phi) is 7.32. The molecule has 0 N–H and O–H groups in total. The van der Waals surface area contributed by atoms with E-state index in [0.29, 0.717) is 17.9 Å². The SMILES string of the molecule is CC(C)[C@@H]1CCN(Cc2ccccc2)[C@@H](Cc2ccccc2)[C@@H]1N=Cc1ccccc1. The van der Waals surface area contributed by atoms with E-state index in [1.165, 1.54) is 23.1 Å². The summed E-state index contributed by atoms with van der Waals surface area (Å²) in [6.45, 7) is 6.84. The van der Waals surface area contributed by atoms with Crippen molar-refractivity contribution >= 4 is 6.21 Å². The molecule has 160 valence electrons. The van der Waals surface area contributed by atoms with Crippen LogP contribution < -0.4 is 0 Å². The Hall–Kier alpha value is -2.71.